The molecule has 1 unspecified atom stereocenters. The molecule has 0 saturated heterocycles. The van der Waals surface area contributed by atoms with Crippen LogP contribution in [0.3, 0.4) is 0 Å². The number of rotatable bonds is 6. The molecule has 1 heterocycles. The molecular formula is C26H29NO3. The number of hydrogen-bond donors (Lipinski definition) is 0. The van der Waals surface area contributed by atoms with Gasteiger partial charge >= 0.3 is 0 Å². The van der Waals surface area contributed by atoms with Crippen LogP contribution in [0.25, 0.3) is 0 Å². The number of fused-ring (bicyclic) bond motifs is 1. The Morgan fingerprint density at radius 2 is 1.50 bits per heavy atom. The van der Waals surface area contributed by atoms with Gasteiger partial charge in [-0.25, -0.2) is 0 Å². The topological polar surface area (TPSA) is 30.9 Å². The highest BCUT2D eigenvalue weighted by Gasteiger charge is 2.30. The first kappa shape index (κ1) is 20.3. The Bertz CT molecular complexity index is 996. The molecular weight excluding hydrogens is 374 g/mol. The number of methoxy groups -OCH3 is 3. The highest BCUT2D eigenvalue weighted by molar-refractivity contribution is 5.52. The van der Waals surface area contributed by atoms with Gasteiger partial charge in [0.15, 0.2) is 11.5 Å². The zero-order valence-corrected chi connectivity index (χ0v) is 18.1. The summed E-state index contributed by atoms with van der Waals surface area (Å²) in [4.78, 5) is 2.54. The number of aryl methyl sites for hydroxylation is 1. The van der Waals surface area contributed by atoms with Gasteiger partial charge in [0.1, 0.15) is 5.75 Å². The van der Waals surface area contributed by atoms with Crippen molar-refractivity contribution in [1.82, 2.24) is 4.90 Å². The molecule has 3 aromatic carbocycles. The summed E-state index contributed by atoms with van der Waals surface area (Å²) in [5.41, 5.74) is 6.44. The molecule has 156 valence electrons. The van der Waals surface area contributed by atoms with Crippen LogP contribution >= 0.6 is 0 Å². The van der Waals surface area contributed by atoms with Crippen LogP contribution in [0.4, 0.5) is 0 Å². The van der Waals surface area contributed by atoms with Crippen LogP contribution < -0.4 is 14.2 Å². The van der Waals surface area contributed by atoms with Crippen LogP contribution in [0.5, 0.6) is 17.2 Å². The summed E-state index contributed by atoms with van der Waals surface area (Å²) in [5, 5.41) is 0. The van der Waals surface area contributed by atoms with Crippen molar-refractivity contribution in [3.8, 4) is 17.2 Å². The quantitative estimate of drug-likeness (QED) is 0.568. The van der Waals surface area contributed by atoms with E-state index >= 15 is 0 Å². The zero-order valence-electron chi connectivity index (χ0n) is 18.1. The molecule has 4 heteroatoms. The van der Waals surface area contributed by atoms with Gasteiger partial charge < -0.3 is 14.2 Å². The van der Waals surface area contributed by atoms with E-state index in [1.165, 1.54) is 27.8 Å². The monoisotopic (exact) mass is 403 g/mol. The minimum Gasteiger partial charge on any atom is -0.497 e. The number of hydrogen-bond acceptors (Lipinski definition) is 4. The molecule has 3 aromatic rings. The van der Waals surface area contributed by atoms with E-state index in [0.29, 0.717) is 0 Å². The van der Waals surface area contributed by atoms with Gasteiger partial charge in [-0.15, -0.1) is 0 Å². The first-order valence-electron chi connectivity index (χ1n) is 10.3. The molecule has 0 bridgehead atoms. The second kappa shape index (κ2) is 8.80. The van der Waals surface area contributed by atoms with Crippen LogP contribution in [-0.2, 0) is 13.0 Å². The summed E-state index contributed by atoms with van der Waals surface area (Å²) in [6.45, 7) is 4.00. The SMILES string of the molecule is COc1ccc(C2c3cc(OC)c(OC)cc3CCN2Cc2ccc(C)cc2)cc1. The molecule has 1 aliphatic heterocycles. The molecule has 0 N–H and O–H groups in total. The van der Waals surface area contributed by atoms with Crippen LogP contribution in [0.1, 0.15) is 33.9 Å². The zero-order chi connectivity index (χ0) is 21.1. The van der Waals surface area contributed by atoms with E-state index in [1.807, 2.05) is 12.1 Å². The van der Waals surface area contributed by atoms with E-state index in [-0.39, 0.29) is 6.04 Å². The van der Waals surface area contributed by atoms with Crippen LogP contribution in [0.2, 0.25) is 0 Å². The van der Waals surface area contributed by atoms with Gasteiger partial charge in [-0.05, 0) is 59.9 Å². The molecule has 0 saturated carbocycles. The number of benzene rings is 3. The minimum atomic E-state index is 0.140. The van der Waals surface area contributed by atoms with Crippen molar-refractivity contribution >= 4 is 0 Å². The number of nitrogens with zero attached hydrogens (tertiary/aromatic N) is 1. The van der Waals surface area contributed by atoms with E-state index in [4.69, 9.17) is 14.2 Å². The van der Waals surface area contributed by atoms with E-state index in [2.05, 4.69) is 60.4 Å². The summed E-state index contributed by atoms with van der Waals surface area (Å²) in [7, 11) is 5.09. The normalized spacial score (nSPS) is 16.1. The average Bonchev–Trinajstić information content (AvgIpc) is 2.79. The van der Waals surface area contributed by atoms with Crippen molar-refractivity contribution in [1.29, 1.82) is 0 Å². The van der Waals surface area contributed by atoms with Gasteiger partial charge in [0.25, 0.3) is 0 Å². The average molecular weight is 404 g/mol. The smallest absolute Gasteiger partial charge is 0.161 e. The first-order chi connectivity index (χ1) is 14.6. The molecule has 1 aliphatic rings. The first-order valence-corrected chi connectivity index (χ1v) is 10.3. The third kappa shape index (κ3) is 4.01. The molecule has 0 fully saturated rings. The van der Waals surface area contributed by atoms with Crippen LogP contribution in [0.15, 0.2) is 60.7 Å². The Hall–Kier alpha value is -2.98. The van der Waals surface area contributed by atoms with Crippen molar-refractivity contribution in [3.63, 3.8) is 0 Å². The molecule has 1 atom stereocenters. The van der Waals surface area contributed by atoms with E-state index in [1.54, 1.807) is 21.3 Å². The van der Waals surface area contributed by atoms with E-state index in [9.17, 15) is 0 Å². The molecule has 0 amide bonds. The van der Waals surface area contributed by atoms with Crippen molar-refractivity contribution in [3.05, 3.63) is 88.5 Å². The lowest BCUT2D eigenvalue weighted by molar-refractivity contribution is 0.203. The summed E-state index contributed by atoms with van der Waals surface area (Å²) < 4.78 is 16.6. The molecule has 0 spiro atoms. The van der Waals surface area contributed by atoms with Crippen molar-refractivity contribution < 1.29 is 14.2 Å². The van der Waals surface area contributed by atoms with Gasteiger partial charge in [0.05, 0.1) is 27.4 Å². The fourth-order valence-corrected chi connectivity index (χ4v) is 4.27. The highest BCUT2D eigenvalue weighted by atomic mass is 16.5. The van der Waals surface area contributed by atoms with Crippen molar-refractivity contribution in [2.75, 3.05) is 27.9 Å². The predicted octanol–water partition coefficient (Wildman–Crippen LogP) is 5.17. The van der Waals surface area contributed by atoms with Gasteiger partial charge in [-0.1, -0.05) is 42.0 Å². The Balaban J connectivity index is 1.77. The molecule has 4 nitrogen and oxygen atoms in total. The largest absolute Gasteiger partial charge is 0.497 e. The lowest BCUT2D eigenvalue weighted by atomic mass is 9.87. The minimum absolute atomic E-state index is 0.140. The highest BCUT2D eigenvalue weighted by Crippen LogP contribution is 2.41. The summed E-state index contributed by atoms with van der Waals surface area (Å²) in [6, 6.07) is 21.6. The fourth-order valence-electron chi connectivity index (χ4n) is 4.27. The Morgan fingerprint density at radius 3 is 2.13 bits per heavy atom. The summed E-state index contributed by atoms with van der Waals surface area (Å²) in [5.74, 6) is 2.43. The molecule has 0 radical (unpaired) electrons. The predicted molar refractivity (Wildman–Crippen MR) is 120 cm³/mol. The van der Waals surface area contributed by atoms with Crippen molar-refractivity contribution in [2.24, 2.45) is 0 Å². The summed E-state index contributed by atoms with van der Waals surface area (Å²) in [6.07, 6.45) is 0.980. The van der Waals surface area contributed by atoms with Crippen LogP contribution in [0, 0.1) is 6.92 Å². The third-order valence-electron chi connectivity index (χ3n) is 5.91. The standard InChI is InChI=1S/C26H29NO3/c1-18-5-7-19(8-6-18)17-27-14-13-21-15-24(29-3)25(30-4)16-23(21)26(27)20-9-11-22(28-2)12-10-20/h5-12,15-16,26H,13-14,17H2,1-4H3. The number of ether oxygens (including phenoxy) is 3. The lowest BCUT2D eigenvalue weighted by Crippen LogP contribution is -2.35. The third-order valence-corrected chi connectivity index (χ3v) is 5.91. The maximum absolute atomic E-state index is 5.63. The maximum atomic E-state index is 5.63. The van der Waals surface area contributed by atoms with E-state index < -0.39 is 0 Å². The molecule has 0 aliphatic carbocycles. The summed E-state index contributed by atoms with van der Waals surface area (Å²) >= 11 is 0. The van der Waals surface area contributed by atoms with E-state index in [0.717, 1.165) is 36.8 Å². The second-order valence-electron chi connectivity index (χ2n) is 7.79. The Morgan fingerprint density at radius 1 is 0.833 bits per heavy atom. The van der Waals surface area contributed by atoms with Gasteiger partial charge in [0.2, 0.25) is 0 Å². The maximum Gasteiger partial charge on any atom is 0.161 e. The molecule has 0 aromatic heterocycles. The van der Waals surface area contributed by atoms with Crippen molar-refractivity contribution in [2.45, 2.75) is 25.9 Å². The fraction of sp³-hybridized carbons (Fsp3) is 0.308. The van der Waals surface area contributed by atoms with Gasteiger partial charge in [0, 0.05) is 13.1 Å². The Kier molecular flexibility index (Phi) is 5.96. The molecule has 30 heavy (non-hydrogen) atoms. The van der Waals surface area contributed by atoms with Crippen LogP contribution in [-0.4, -0.2) is 32.8 Å². The Labute approximate surface area is 179 Å². The van der Waals surface area contributed by atoms with Gasteiger partial charge in [-0.3, -0.25) is 4.90 Å². The van der Waals surface area contributed by atoms with Gasteiger partial charge in [-0.2, -0.15) is 0 Å². The lowest BCUT2D eigenvalue weighted by Gasteiger charge is -2.38. The second-order valence-corrected chi connectivity index (χ2v) is 7.79. The molecule has 4 rings (SSSR count).